The molecule has 1 aromatic rings. The van der Waals surface area contributed by atoms with Gasteiger partial charge in [0, 0.05) is 32.6 Å². The number of amides is 2. The Balaban J connectivity index is 1.65. The Morgan fingerprint density at radius 3 is 2.29 bits per heavy atom. The van der Waals surface area contributed by atoms with Gasteiger partial charge in [-0.3, -0.25) is 9.59 Å². The first-order valence-corrected chi connectivity index (χ1v) is 8.81. The zero-order valence-corrected chi connectivity index (χ0v) is 15.1. The molecule has 1 fully saturated rings. The summed E-state index contributed by atoms with van der Waals surface area (Å²) in [4.78, 5) is 27.6. The lowest BCUT2D eigenvalue weighted by Crippen LogP contribution is -2.52. The van der Waals surface area contributed by atoms with E-state index in [4.69, 9.17) is 16.3 Å². The van der Waals surface area contributed by atoms with Gasteiger partial charge in [0.15, 0.2) is 0 Å². The van der Waals surface area contributed by atoms with Crippen molar-refractivity contribution in [3.63, 3.8) is 0 Å². The summed E-state index contributed by atoms with van der Waals surface area (Å²) < 4.78 is 5.64. The molecule has 1 aliphatic rings. The Bertz CT molecular complexity index is 552. The molecule has 0 radical (unpaired) electrons. The molecule has 132 valence electrons. The largest absolute Gasteiger partial charge is 0.494 e. The Kier molecular flexibility index (Phi) is 6.91. The van der Waals surface area contributed by atoms with Crippen molar-refractivity contribution in [2.45, 2.75) is 32.1 Å². The molecule has 0 spiro atoms. The summed E-state index contributed by atoms with van der Waals surface area (Å²) >= 11 is 5.82. The summed E-state index contributed by atoms with van der Waals surface area (Å²) in [7, 11) is 0. The second-order valence-corrected chi connectivity index (χ2v) is 6.74. The van der Waals surface area contributed by atoms with Gasteiger partial charge in [0.2, 0.25) is 11.8 Å². The number of carbonyl (C=O) groups excluding carboxylic acids is 2. The van der Waals surface area contributed by atoms with E-state index in [-0.39, 0.29) is 11.8 Å². The number of aryl methyl sites for hydroxylation is 1. The van der Waals surface area contributed by atoms with Crippen LogP contribution in [0.4, 0.5) is 0 Å². The maximum Gasteiger partial charge on any atom is 0.240 e. The highest BCUT2D eigenvalue weighted by Gasteiger charge is 2.25. The topological polar surface area (TPSA) is 49.9 Å². The lowest BCUT2D eigenvalue weighted by molar-refractivity contribution is -0.139. The second-order valence-electron chi connectivity index (χ2n) is 6.09. The molecule has 0 N–H and O–H groups in total. The van der Waals surface area contributed by atoms with Crippen molar-refractivity contribution in [1.82, 2.24) is 9.80 Å². The van der Waals surface area contributed by atoms with Crippen LogP contribution in [-0.4, -0.2) is 59.8 Å². The van der Waals surface area contributed by atoms with Crippen molar-refractivity contribution in [2.24, 2.45) is 0 Å². The molecular weight excluding hydrogens is 328 g/mol. The van der Waals surface area contributed by atoms with Crippen molar-refractivity contribution in [2.75, 3.05) is 32.8 Å². The number of alkyl halides is 1. The fourth-order valence-electron chi connectivity index (χ4n) is 2.63. The molecule has 0 aliphatic carbocycles. The Hall–Kier alpha value is -1.75. The standard InChI is InChI=1S/C18H25ClN2O3/c1-14-5-7-16(8-6-14)24-13-3-4-17(22)20-9-11-21(12-10-20)18(23)15(2)19/h5-8,15H,3-4,9-13H2,1-2H3. The highest BCUT2D eigenvalue weighted by atomic mass is 35.5. The van der Waals surface area contributed by atoms with E-state index in [1.165, 1.54) is 5.56 Å². The summed E-state index contributed by atoms with van der Waals surface area (Å²) in [5, 5.41) is -0.508. The van der Waals surface area contributed by atoms with Gasteiger partial charge in [0.1, 0.15) is 11.1 Å². The smallest absolute Gasteiger partial charge is 0.240 e. The molecule has 1 aromatic carbocycles. The third-order valence-electron chi connectivity index (χ3n) is 4.11. The fourth-order valence-corrected chi connectivity index (χ4v) is 2.77. The van der Waals surface area contributed by atoms with Crippen LogP contribution in [0.15, 0.2) is 24.3 Å². The van der Waals surface area contributed by atoms with E-state index in [1.807, 2.05) is 36.1 Å². The normalized spacial score (nSPS) is 16.0. The monoisotopic (exact) mass is 352 g/mol. The van der Waals surface area contributed by atoms with Crippen LogP contribution < -0.4 is 4.74 Å². The molecule has 0 saturated carbocycles. The van der Waals surface area contributed by atoms with Crippen LogP contribution in [0.25, 0.3) is 0 Å². The van der Waals surface area contributed by atoms with Crippen LogP contribution in [0.5, 0.6) is 5.75 Å². The number of hydrogen-bond donors (Lipinski definition) is 0. The maximum atomic E-state index is 12.2. The molecule has 1 saturated heterocycles. The first kappa shape index (κ1) is 18.6. The lowest BCUT2D eigenvalue weighted by Gasteiger charge is -2.35. The molecule has 1 atom stereocenters. The van der Waals surface area contributed by atoms with Crippen LogP contribution in [-0.2, 0) is 9.59 Å². The molecule has 5 nitrogen and oxygen atoms in total. The fraction of sp³-hybridized carbons (Fsp3) is 0.556. The van der Waals surface area contributed by atoms with Gasteiger partial charge in [-0.15, -0.1) is 11.6 Å². The minimum Gasteiger partial charge on any atom is -0.494 e. The molecule has 1 heterocycles. The summed E-state index contributed by atoms with van der Waals surface area (Å²) in [6, 6.07) is 7.88. The number of ether oxygens (including phenoxy) is 1. The van der Waals surface area contributed by atoms with Gasteiger partial charge < -0.3 is 14.5 Å². The van der Waals surface area contributed by atoms with E-state index >= 15 is 0 Å². The van der Waals surface area contributed by atoms with Gasteiger partial charge in [0.25, 0.3) is 0 Å². The van der Waals surface area contributed by atoms with Gasteiger partial charge >= 0.3 is 0 Å². The van der Waals surface area contributed by atoms with Crippen molar-refractivity contribution in [3.05, 3.63) is 29.8 Å². The van der Waals surface area contributed by atoms with Crippen molar-refractivity contribution in [3.8, 4) is 5.75 Å². The quantitative estimate of drug-likeness (QED) is 0.583. The molecule has 0 bridgehead atoms. The number of rotatable bonds is 6. The Labute approximate surface area is 148 Å². The van der Waals surface area contributed by atoms with E-state index in [0.29, 0.717) is 45.6 Å². The predicted octanol–water partition coefficient (Wildman–Crippen LogP) is 2.45. The molecular formula is C18H25ClN2O3. The first-order chi connectivity index (χ1) is 11.5. The van der Waals surface area contributed by atoms with Gasteiger partial charge in [0.05, 0.1) is 6.61 Å². The SMILES string of the molecule is Cc1ccc(OCCCC(=O)N2CCN(C(=O)C(C)Cl)CC2)cc1. The number of benzene rings is 1. The highest BCUT2D eigenvalue weighted by molar-refractivity contribution is 6.30. The summed E-state index contributed by atoms with van der Waals surface area (Å²) in [5.74, 6) is 0.888. The zero-order chi connectivity index (χ0) is 17.5. The van der Waals surface area contributed by atoms with Crippen molar-refractivity contribution in [1.29, 1.82) is 0 Å². The maximum absolute atomic E-state index is 12.2. The molecule has 6 heteroatoms. The van der Waals surface area contributed by atoms with Gasteiger partial charge in [-0.2, -0.15) is 0 Å². The summed E-state index contributed by atoms with van der Waals surface area (Å²) in [5.41, 5.74) is 1.19. The number of halogens is 1. The van der Waals surface area contributed by atoms with Crippen LogP contribution in [0, 0.1) is 6.92 Å². The van der Waals surface area contributed by atoms with Crippen molar-refractivity contribution >= 4 is 23.4 Å². The average molecular weight is 353 g/mol. The Morgan fingerprint density at radius 2 is 1.71 bits per heavy atom. The van der Waals surface area contributed by atoms with E-state index in [2.05, 4.69) is 0 Å². The average Bonchev–Trinajstić information content (AvgIpc) is 2.59. The van der Waals surface area contributed by atoms with Gasteiger partial charge in [-0.1, -0.05) is 17.7 Å². The molecule has 2 amide bonds. The van der Waals surface area contributed by atoms with Crippen LogP contribution >= 0.6 is 11.6 Å². The Morgan fingerprint density at radius 1 is 1.12 bits per heavy atom. The molecule has 1 aliphatic heterocycles. The molecule has 24 heavy (non-hydrogen) atoms. The molecule has 0 aromatic heterocycles. The van der Waals surface area contributed by atoms with E-state index < -0.39 is 5.38 Å². The molecule has 2 rings (SSSR count). The van der Waals surface area contributed by atoms with E-state index in [0.717, 1.165) is 5.75 Å². The number of carbonyl (C=O) groups is 2. The highest BCUT2D eigenvalue weighted by Crippen LogP contribution is 2.13. The van der Waals surface area contributed by atoms with Gasteiger partial charge in [-0.25, -0.2) is 0 Å². The van der Waals surface area contributed by atoms with Gasteiger partial charge in [-0.05, 0) is 32.4 Å². The van der Waals surface area contributed by atoms with E-state index in [1.54, 1.807) is 11.8 Å². The van der Waals surface area contributed by atoms with Crippen LogP contribution in [0.3, 0.4) is 0 Å². The third-order valence-corrected chi connectivity index (χ3v) is 4.30. The third kappa shape index (κ3) is 5.41. The first-order valence-electron chi connectivity index (χ1n) is 8.37. The summed E-state index contributed by atoms with van der Waals surface area (Å²) in [6.07, 6.45) is 1.15. The number of hydrogen-bond acceptors (Lipinski definition) is 3. The summed E-state index contributed by atoms with van der Waals surface area (Å²) in [6.45, 7) is 6.50. The van der Waals surface area contributed by atoms with Crippen LogP contribution in [0.2, 0.25) is 0 Å². The zero-order valence-electron chi connectivity index (χ0n) is 14.3. The number of piperazine rings is 1. The van der Waals surface area contributed by atoms with Crippen LogP contribution in [0.1, 0.15) is 25.3 Å². The second kappa shape index (κ2) is 8.92. The van der Waals surface area contributed by atoms with Crippen molar-refractivity contribution < 1.29 is 14.3 Å². The van der Waals surface area contributed by atoms with E-state index in [9.17, 15) is 9.59 Å². The molecule has 1 unspecified atom stereocenters. The lowest BCUT2D eigenvalue weighted by atomic mass is 10.2. The minimum absolute atomic E-state index is 0.0599. The predicted molar refractivity (Wildman–Crippen MR) is 94.4 cm³/mol. The minimum atomic E-state index is -0.508. The number of nitrogens with zero attached hydrogens (tertiary/aromatic N) is 2.